The summed E-state index contributed by atoms with van der Waals surface area (Å²) in [5.41, 5.74) is 2.03. The van der Waals surface area contributed by atoms with Crippen LogP contribution < -0.4 is 5.32 Å². The molecule has 2 atom stereocenters. The maximum atomic E-state index is 9.63. The van der Waals surface area contributed by atoms with Crippen LogP contribution in [0.3, 0.4) is 0 Å². The lowest BCUT2D eigenvalue weighted by molar-refractivity contribution is 0.232. The average molecular weight is 268 g/mol. The molecule has 0 aliphatic rings. The molecule has 0 fully saturated rings. The Morgan fingerprint density at radius 3 is 2.45 bits per heavy atom. The molecular weight excluding hydrogens is 248 g/mol. The Morgan fingerprint density at radius 2 is 1.85 bits per heavy atom. The Bertz CT molecular complexity index is 513. The fraction of sp³-hybridized carbons (Fsp3) is 0.235. The van der Waals surface area contributed by atoms with Gasteiger partial charge in [-0.25, -0.2) is 0 Å². The molecule has 0 bridgehead atoms. The van der Waals surface area contributed by atoms with Crippen LogP contribution in [-0.2, 0) is 0 Å². The van der Waals surface area contributed by atoms with Gasteiger partial charge in [0.05, 0.1) is 24.4 Å². The summed E-state index contributed by atoms with van der Waals surface area (Å²) in [4.78, 5) is 4.39. The second-order valence-electron chi connectivity index (χ2n) is 4.64. The molecule has 20 heavy (non-hydrogen) atoms. The van der Waals surface area contributed by atoms with Crippen molar-refractivity contribution in [1.82, 2.24) is 10.3 Å². The van der Waals surface area contributed by atoms with Gasteiger partial charge in [-0.15, -0.1) is 6.58 Å². The van der Waals surface area contributed by atoms with Crippen LogP contribution >= 0.6 is 0 Å². The highest BCUT2D eigenvalue weighted by molar-refractivity contribution is 5.20. The van der Waals surface area contributed by atoms with Crippen molar-refractivity contribution >= 4 is 0 Å². The zero-order valence-electron chi connectivity index (χ0n) is 11.4. The highest BCUT2D eigenvalue weighted by Gasteiger charge is 2.17. The van der Waals surface area contributed by atoms with Crippen molar-refractivity contribution in [2.45, 2.75) is 18.5 Å². The number of nitrogens with one attached hydrogen (secondary N) is 1. The lowest BCUT2D eigenvalue weighted by Crippen LogP contribution is -2.29. The highest BCUT2D eigenvalue weighted by atomic mass is 16.3. The van der Waals surface area contributed by atoms with E-state index in [1.54, 1.807) is 6.20 Å². The molecule has 1 unspecified atom stereocenters. The Hall–Kier alpha value is -1.97. The largest absolute Gasteiger partial charge is 0.394 e. The zero-order valence-corrected chi connectivity index (χ0v) is 11.4. The van der Waals surface area contributed by atoms with Crippen molar-refractivity contribution in [3.8, 4) is 0 Å². The molecule has 0 saturated heterocycles. The van der Waals surface area contributed by atoms with E-state index in [2.05, 4.69) is 16.9 Å². The van der Waals surface area contributed by atoms with Gasteiger partial charge in [-0.2, -0.15) is 0 Å². The number of aliphatic hydroxyl groups is 1. The third kappa shape index (κ3) is 3.76. The Labute approximate surface area is 120 Å². The molecule has 2 aromatic rings. The van der Waals surface area contributed by atoms with Crippen LogP contribution in [0.4, 0.5) is 0 Å². The molecular formula is C17H20N2O. The fourth-order valence-corrected chi connectivity index (χ4v) is 2.21. The number of hydrogen-bond donors (Lipinski definition) is 2. The molecule has 2 rings (SSSR count). The first-order valence-corrected chi connectivity index (χ1v) is 6.79. The maximum absolute atomic E-state index is 9.63. The second kappa shape index (κ2) is 7.58. The van der Waals surface area contributed by atoms with E-state index in [4.69, 9.17) is 0 Å². The van der Waals surface area contributed by atoms with Gasteiger partial charge in [-0.3, -0.25) is 10.3 Å². The molecule has 3 nitrogen and oxygen atoms in total. The fourth-order valence-electron chi connectivity index (χ4n) is 2.21. The number of hydrogen-bond acceptors (Lipinski definition) is 3. The smallest absolute Gasteiger partial charge is 0.0626 e. The summed E-state index contributed by atoms with van der Waals surface area (Å²) in [7, 11) is 0. The molecule has 0 aliphatic heterocycles. The van der Waals surface area contributed by atoms with Crippen LogP contribution in [0.1, 0.15) is 29.8 Å². The minimum Gasteiger partial charge on any atom is -0.394 e. The van der Waals surface area contributed by atoms with Gasteiger partial charge in [0.2, 0.25) is 0 Å². The number of pyridine rings is 1. The number of rotatable bonds is 7. The van der Waals surface area contributed by atoms with Gasteiger partial charge < -0.3 is 5.11 Å². The molecule has 104 valence electrons. The van der Waals surface area contributed by atoms with Gasteiger partial charge in [0.1, 0.15) is 0 Å². The van der Waals surface area contributed by atoms with Crippen LogP contribution in [-0.4, -0.2) is 16.7 Å². The van der Waals surface area contributed by atoms with E-state index in [1.165, 1.54) is 0 Å². The number of aliphatic hydroxyl groups excluding tert-OH is 1. The minimum atomic E-state index is -0.108. The van der Waals surface area contributed by atoms with Gasteiger partial charge in [-0.05, 0) is 24.1 Å². The van der Waals surface area contributed by atoms with Crippen molar-refractivity contribution in [2.75, 3.05) is 6.61 Å². The van der Waals surface area contributed by atoms with Gasteiger partial charge in [0.25, 0.3) is 0 Å². The first kappa shape index (κ1) is 14.4. The molecule has 1 heterocycles. The zero-order chi connectivity index (χ0) is 14.2. The van der Waals surface area contributed by atoms with E-state index >= 15 is 0 Å². The topological polar surface area (TPSA) is 45.1 Å². The molecule has 0 aliphatic carbocycles. The molecule has 3 heteroatoms. The Balaban J connectivity index is 2.16. The third-order valence-corrected chi connectivity index (χ3v) is 3.23. The predicted molar refractivity (Wildman–Crippen MR) is 81.2 cm³/mol. The van der Waals surface area contributed by atoms with Gasteiger partial charge in [-0.1, -0.05) is 42.5 Å². The van der Waals surface area contributed by atoms with Gasteiger partial charge in [0, 0.05) is 6.20 Å². The van der Waals surface area contributed by atoms with Crippen LogP contribution in [0, 0.1) is 0 Å². The molecule has 0 saturated carbocycles. The third-order valence-electron chi connectivity index (χ3n) is 3.23. The van der Waals surface area contributed by atoms with Crippen molar-refractivity contribution in [2.24, 2.45) is 0 Å². The van der Waals surface area contributed by atoms with E-state index in [9.17, 15) is 5.11 Å². The number of benzene rings is 1. The van der Waals surface area contributed by atoms with Crippen LogP contribution in [0.25, 0.3) is 0 Å². The van der Waals surface area contributed by atoms with Crippen molar-refractivity contribution in [3.63, 3.8) is 0 Å². The van der Waals surface area contributed by atoms with E-state index in [1.807, 2.05) is 54.6 Å². The van der Waals surface area contributed by atoms with Gasteiger partial charge in [0.15, 0.2) is 0 Å². The SMILES string of the molecule is C=CCC(N[C@@H](CO)c1ccccc1)c1ccccn1. The molecule has 1 aromatic carbocycles. The summed E-state index contributed by atoms with van der Waals surface area (Å²) in [5, 5.41) is 13.1. The molecule has 2 N–H and O–H groups in total. The first-order valence-electron chi connectivity index (χ1n) is 6.79. The molecule has 0 amide bonds. The minimum absolute atomic E-state index is 0.0461. The molecule has 0 radical (unpaired) electrons. The van der Waals surface area contributed by atoms with E-state index in [0.717, 1.165) is 17.7 Å². The van der Waals surface area contributed by atoms with Crippen LogP contribution in [0.15, 0.2) is 67.4 Å². The Kier molecular flexibility index (Phi) is 5.47. The standard InChI is InChI=1S/C17H20N2O/c1-2-8-16(15-11-6-7-12-18-15)19-17(13-20)14-9-4-3-5-10-14/h2-7,9-12,16-17,19-20H,1,8,13H2/t16?,17-/m0/s1. The van der Waals surface area contributed by atoms with Crippen molar-refractivity contribution in [3.05, 3.63) is 78.6 Å². The first-order chi connectivity index (χ1) is 9.85. The van der Waals surface area contributed by atoms with Crippen molar-refractivity contribution < 1.29 is 5.11 Å². The summed E-state index contributed by atoms with van der Waals surface area (Å²) in [6, 6.07) is 15.7. The summed E-state index contributed by atoms with van der Waals surface area (Å²) in [6.45, 7) is 3.85. The summed E-state index contributed by atoms with van der Waals surface area (Å²) >= 11 is 0. The molecule has 0 spiro atoms. The maximum Gasteiger partial charge on any atom is 0.0626 e. The number of nitrogens with zero attached hydrogens (tertiary/aromatic N) is 1. The lowest BCUT2D eigenvalue weighted by atomic mass is 10.0. The van der Waals surface area contributed by atoms with Crippen LogP contribution in [0.2, 0.25) is 0 Å². The van der Waals surface area contributed by atoms with Crippen molar-refractivity contribution in [1.29, 1.82) is 0 Å². The second-order valence-corrected chi connectivity index (χ2v) is 4.64. The molecule has 1 aromatic heterocycles. The van der Waals surface area contributed by atoms with E-state index in [-0.39, 0.29) is 18.7 Å². The predicted octanol–water partition coefficient (Wildman–Crippen LogP) is 3.02. The Morgan fingerprint density at radius 1 is 1.10 bits per heavy atom. The van der Waals surface area contributed by atoms with E-state index < -0.39 is 0 Å². The lowest BCUT2D eigenvalue weighted by Gasteiger charge is -2.24. The summed E-state index contributed by atoms with van der Waals surface area (Å²) < 4.78 is 0. The monoisotopic (exact) mass is 268 g/mol. The summed E-state index contributed by atoms with van der Waals surface area (Å²) in [6.07, 6.45) is 4.41. The average Bonchev–Trinajstić information content (AvgIpc) is 2.53. The van der Waals surface area contributed by atoms with Gasteiger partial charge >= 0.3 is 0 Å². The van der Waals surface area contributed by atoms with E-state index in [0.29, 0.717) is 0 Å². The summed E-state index contributed by atoms with van der Waals surface area (Å²) in [5.74, 6) is 0. The quantitative estimate of drug-likeness (QED) is 0.759. The highest BCUT2D eigenvalue weighted by Crippen LogP contribution is 2.21. The van der Waals surface area contributed by atoms with Crippen LogP contribution in [0.5, 0.6) is 0 Å². The number of aromatic nitrogens is 1. The normalized spacial score (nSPS) is 13.7.